The number of hydrogen-bond donors (Lipinski definition) is 8. The van der Waals surface area contributed by atoms with E-state index < -0.39 is 66.9 Å². The Bertz CT molecular complexity index is 844. The number of carbonyl (C=O) groups excluding carboxylic acids is 3. The molecule has 3 amide bonds. The number of rotatable bonds is 15. The van der Waals surface area contributed by atoms with E-state index in [0.29, 0.717) is 5.69 Å². The van der Waals surface area contributed by atoms with Crippen LogP contribution in [0.4, 0.5) is 0 Å². The van der Waals surface area contributed by atoms with Crippen LogP contribution in [0.2, 0.25) is 0 Å². The summed E-state index contributed by atoms with van der Waals surface area (Å²) in [6.45, 7) is 2.76. The van der Waals surface area contributed by atoms with Crippen LogP contribution in [-0.2, 0) is 30.4 Å². The zero-order chi connectivity index (χ0) is 25.8. The second-order valence-corrected chi connectivity index (χ2v) is 8.15. The third kappa shape index (κ3) is 9.95. The molecule has 0 aliphatic heterocycles. The van der Waals surface area contributed by atoms with Crippen LogP contribution < -0.4 is 21.7 Å². The summed E-state index contributed by atoms with van der Waals surface area (Å²) in [6.07, 6.45) is 2.31. The first kappa shape index (κ1) is 28.5. The summed E-state index contributed by atoms with van der Waals surface area (Å²) < 4.78 is 0. The molecule has 0 saturated carbocycles. The van der Waals surface area contributed by atoms with Crippen molar-refractivity contribution in [2.24, 2.45) is 11.7 Å². The highest BCUT2D eigenvalue weighted by Crippen LogP contribution is 2.08. The Morgan fingerprint density at radius 2 is 1.59 bits per heavy atom. The molecular formula is C20H32N6O8. The quantitative estimate of drug-likeness (QED) is 0.133. The maximum absolute atomic E-state index is 12.7. The minimum absolute atomic E-state index is 0.0941. The van der Waals surface area contributed by atoms with E-state index in [1.54, 1.807) is 13.8 Å². The van der Waals surface area contributed by atoms with Gasteiger partial charge in [-0.05, 0) is 18.8 Å². The van der Waals surface area contributed by atoms with E-state index in [9.17, 15) is 34.2 Å². The lowest BCUT2D eigenvalue weighted by molar-refractivity contribution is -0.143. The molecule has 0 fully saturated rings. The number of nitrogens with zero attached hydrogens (tertiary/aromatic N) is 1. The van der Waals surface area contributed by atoms with Crippen molar-refractivity contribution in [3.8, 4) is 0 Å². The van der Waals surface area contributed by atoms with E-state index in [2.05, 4.69) is 25.9 Å². The molecule has 4 atom stereocenters. The Balaban J connectivity index is 2.81. The fourth-order valence-electron chi connectivity index (χ4n) is 2.97. The zero-order valence-corrected chi connectivity index (χ0v) is 19.0. The Hall–Kier alpha value is -3.52. The molecular weight excluding hydrogens is 452 g/mol. The first-order valence-electron chi connectivity index (χ1n) is 10.6. The van der Waals surface area contributed by atoms with Gasteiger partial charge in [-0.15, -0.1) is 0 Å². The van der Waals surface area contributed by atoms with Crippen molar-refractivity contribution in [1.82, 2.24) is 25.9 Å². The van der Waals surface area contributed by atoms with Gasteiger partial charge in [0.2, 0.25) is 17.7 Å². The fourth-order valence-corrected chi connectivity index (χ4v) is 2.97. The maximum atomic E-state index is 12.7. The van der Waals surface area contributed by atoms with Gasteiger partial charge in [0.1, 0.15) is 18.1 Å². The van der Waals surface area contributed by atoms with Gasteiger partial charge in [0, 0.05) is 24.7 Å². The summed E-state index contributed by atoms with van der Waals surface area (Å²) in [5, 5.41) is 34.6. The molecule has 0 spiro atoms. The number of aromatic amines is 1. The van der Waals surface area contributed by atoms with Crippen LogP contribution in [0, 0.1) is 5.92 Å². The van der Waals surface area contributed by atoms with Gasteiger partial charge in [-0.3, -0.25) is 19.2 Å². The maximum Gasteiger partial charge on any atom is 0.326 e. The Labute approximate surface area is 195 Å². The number of nitrogens with two attached hydrogens (primary N) is 1. The smallest absolute Gasteiger partial charge is 0.326 e. The van der Waals surface area contributed by atoms with Crippen LogP contribution in [0.5, 0.6) is 0 Å². The number of imidazole rings is 1. The number of aromatic nitrogens is 2. The molecule has 34 heavy (non-hydrogen) atoms. The molecule has 1 aromatic heterocycles. The first-order chi connectivity index (χ1) is 15.9. The molecule has 1 aromatic rings. The lowest BCUT2D eigenvalue weighted by Crippen LogP contribution is -2.58. The van der Waals surface area contributed by atoms with Gasteiger partial charge in [0.15, 0.2) is 0 Å². The predicted octanol–water partition coefficient (Wildman–Crippen LogP) is -2.28. The molecule has 14 nitrogen and oxygen atoms in total. The minimum Gasteiger partial charge on any atom is -0.481 e. The van der Waals surface area contributed by atoms with Crippen LogP contribution >= 0.6 is 0 Å². The number of carboxylic acids is 2. The van der Waals surface area contributed by atoms with Crippen molar-refractivity contribution in [2.45, 2.75) is 63.7 Å². The summed E-state index contributed by atoms with van der Waals surface area (Å²) >= 11 is 0. The summed E-state index contributed by atoms with van der Waals surface area (Å²) in [5.74, 6) is -5.16. The number of carbonyl (C=O) groups is 5. The number of amides is 3. The highest BCUT2D eigenvalue weighted by atomic mass is 16.4. The van der Waals surface area contributed by atoms with Gasteiger partial charge >= 0.3 is 11.9 Å². The summed E-state index contributed by atoms with van der Waals surface area (Å²) in [5.41, 5.74) is 6.42. The number of aliphatic hydroxyl groups is 1. The molecule has 4 unspecified atom stereocenters. The minimum atomic E-state index is -1.47. The molecule has 0 bridgehead atoms. The molecule has 1 heterocycles. The number of nitrogens with one attached hydrogen (secondary N) is 4. The van der Waals surface area contributed by atoms with E-state index in [0.717, 1.165) is 0 Å². The number of H-pyrrole nitrogens is 1. The molecule has 190 valence electrons. The SMILES string of the molecule is CC(C)CC(NC(=O)C(CO)NC(=O)C(N)Cc1cnc[nH]1)C(=O)NC(CCC(=O)O)C(=O)O. The van der Waals surface area contributed by atoms with Gasteiger partial charge in [0.25, 0.3) is 0 Å². The number of carboxylic acid groups (broad SMARTS) is 2. The van der Waals surface area contributed by atoms with Crippen molar-refractivity contribution in [3.63, 3.8) is 0 Å². The monoisotopic (exact) mass is 484 g/mol. The van der Waals surface area contributed by atoms with Gasteiger partial charge < -0.3 is 42.0 Å². The standard InChI is InChI=1S/C20H32N6O8/c1-10(2)5-14(18(31)24-13(20(33)34)3-4-16(28)29)25-19(32)15(8-27)26-17(30)12(21)6-11-7-22-9-23-11/h7,9-10,12-15,27H,3-6,8,21H2,1-2H3,(H,22,23)(H,24,31)(H,25,32)(H,26,30)(H,28,29)(H,33,34). The summed E-state index contributed by atoms with van der Waals surface area (Å²) in [4.78, 5) is 66.4. The van der Waals surface area contributed by atoms with Crippen LogP contribution in [0.1, 0.15) is 38.8 Å². The average Bonchev–Trinajstić information content (AvgIpc) is 3.26. The molecule has 1 rings (SSSR count). The van der Waals surface area contributed by atoms with Crippen LogP contribution in [0.3, 0.4) is 0 Å². The number of aliphatic hydroxyl groups excluding tert-OH is 1. The fraction of sp³-hybridized carbons (Fsp3) is 0.600. The molecule has 0 saturated heterocycles. The van der Waals surface area contributed by atoms with Crippen LogP contribution in [-0.4, -0.2) is 85.7 Å². The summed E-state index contributed by atoms with van der Waals surface area (Å²) in [6, 6.07) is -5.11. The number of hydrogen-bond acceptors (Lipinski definition) is 8. The molecule has 14 heteroatoms. The lowest BCUT2D eigenvalue weighted by atomic mass is 10.0. The van der Waals surface area contributed by atoms with Gasteiger partial charge in [-0.2, -0.15) is 0 Å². The highest BCUT2D eigenvalue weighted by molar-refractivity contribution is 5.94. The third-order valence-electron chi connectivity index (χ3n) is 4.75. The molecule has 9 N–H and O–H groups in total. The molecule has 0 aromatic carbocycles. The summed E-state index contributed by atoms with van der Waals surface area (Å²) in [7, 11) is 0. The van der Waals surface area contributed by atoms with Crippen molar-refractivity contribution in [3.05, 3.63) is 18.2 Å². The molecule has 0 radical (unpaired) electrons. The van der Waals surface area contributed by atoms with E-state index in [1.807, 2.05) is 0 Å². The first-order valence-corrected chi connectivity index (χ1v) is 10.6. The normalized spacial score (nSPS) is 14.5. The topological polar surface area (TPSA) is 237 Å². The van der Waals surface area contributed by atoms with Crippen molar-refractivity contribution in [1.29, 1.82) is 0 Å². The van der Waals surface area contributed by atoms with E-state index >= 15 is 0 Å². The third-order valence-corrected chi connectivity index (χ3v) is 4.75. The Morgan fingerprint density at radius 1 is 1.00 bits per heavy atom. The second-order valence-electron chi connectivity index (χ2n) is 8.15. The molecule has 0 aliphatic carbocycles. The van der Waals surface area contributed by atoms with E-state index in [1.165, 1.54) is 12.5 Å². The van der Waals surface area contributed by atoms with Gasteiger partial charge in [-0.25, -0.2) is 9.78 Å². The zero-order valence-electron chi connectivity index (χ0n) is 19.0. The predicted molar refractivity (Wildman–Crippen MR) is 117 cm³/mol. The highest BCUT2D eigenvalue weighted by Gasteiger charge is 2.30. The second kappa shape index (κ2) is 13.9. The van der Waals surface area contributed by atoms with Crippen LogP contribution in [0.25, 0.3) is 0 Å². The van der Waals surface area contributed by atoms with E-state index in [4.69, 9.17) is 10.8 Å². The van der Waals surface area contributed by atoms with Gasteiger partial charge in [-0.1, -0.05) is 13.8 Å². The average molecular weight is 485 g/mol. The van der Waals surface area contributed by atoms with Gasteiger partial charge in [0.05, 0.1) is 19.0 Å². The van der Waals surface area contributed by atoms with Crippen molar-refractivity contribution in [2.75, 3.05) is 6.61 Å². The van der Waals surface area contributed by atoms with Crippen molar-refractivity contribution < 1.29 is 39.3 Å². The van der Waals surface area contributed by atoms with Crippen molar-refractivity contribution >= 4 is 29.7 Å². The van der Waals surface area contributed by atoms with Crippen LogP contribution in [0.15, 0.2) is 12.5 Å². The largest absolute Gasteiger partial charge is 0.481 e. The lowest BCUT2D eigenvalue weighted by Gasteiger charge is -2.25. The Kier molecular flexibility index (Phi) is 11.7. The van der Waals surface area contributed by atoms with E-state index in [-0.39, 0.29) is 25.2 Å². The molecule has 0 aliphatic rings. The Morgan fingerprint density at radius 3 is 2.09 bits per heavy atom. The number of aliphatic carboxylic acids is 2.